The molecule has 5 heteroatoms. The Morgan fingerprint density at radius 2 is 2.21 bits per heavy atom. The molecule has 14 heavy (non-hydrogen) atoms. The molecule has 0 unspecified atom stereocenters. The van der Waals surface area contributed by atoms with Gasteiger partial charge in [-0.2, -0.15) is 3.96 Å². The smallest absolute Gasteiger partial charge is 0.277 e. The number of carbonyl (C=O) groups is 1. The van der Waals surface area contributed by atoms with Crippen LogP contribution in [0.2, 0.25) is 0 Å². The maximum absolute atomic E-state index is 11.3. The molecule has 2 rings (SSSR count). The van der Waals surface area contributed by atoms with Crippen molar-refractivity contribution in [3.05, 3.63) is 28.7 Å². The molecule has 0 bridgehead atoms. The first-order valence-corrected chi connectivity index (χ1v) is 5.02. The molecule has 4 nitrogen and oxygen atoms in total. The summed E-state index contributed by atoms with van der Waals surface area (Å²) in [5.41, 5.74) is -0.293. The number of carbonyl (C=O) groups excluding carboxylic acids is 1. The van der Waals surface area contributed by atoms with E-state index in [9.17, 15) is 9.59 Å². The average Bonchev–Trinajstić information content (AvgIpc) is 2.59. The van der Waals surface area contributed by atoms with Crippen LogP contribution in [0.15, 0.2) is 23.1 Å². The van der Waals surface area contributed by atoms with E-state index in [1.54, 1.807) is 18.3 Å². The van der Waals surface area contributed by atoms with Gasteiger partial charge in [-0.1, -0.05) is 13.8 Å². The maximum atomic E-state index is 11.3. The van der Waals surface area contributed by atoms with E-state index in [2.05, 4.69) is 4.98 Å². The molecule has 0 saturated carbocycles. The van der Waals surface area contributed by atoms with E-state index < -0.39 is 0 Å². The number of aromatic nitrogens is 2. The van der Waals surface area contributed by atoms with Gasteiger partial charge in [-0.15, -0.1) is 0 Å². The molecule has 0 aliphatic rings. The molecular formula is C9H10N2O2S. The molecule has 0 N–H and O–H groups in total. The number of fused-ring (bicyclic) bond motifs is 1. The summed E-state index contributed by atoms with van der Waals surface area (Å²) >= 11 is 1.05. The number of rotatable bonds is 1. The summed E-state index contributed by atoms with van der Waals surface area (Å²) in [5, 5.41) is 0.495. The van der Waals surface area contributed by atoms with Crippen LogP contribution < -0.4 is 5.56 Å². The minimum atomic E-state index is -0.293. The fraction of sp³-hybridized carbons (Fsp3) is 0.222. The summed E-state index contributed by atoms with van der Waals surface area (Å²) in [6, 6.07) is 3.33. The van der Waals surface area contributed by atoms with Crippen LogP contribution in [-0.4, -0.2) is 15.4 Å². The summed E-state index contributed by atoms with van der Waals surface area (Å²) in [7, 11) is 0. The van der Waals surface area contributed by atoms with Gasteiger partial charge in [0.05, 0.1) is 5.39 Å². The van der Waals surface area contributed by atoms with Crippen LogP contribution in [0.25, 0.3) is 10.2 Å². The van der Waals surface area contributed by atoms with Gasteiger partial charge in [-0.25, -0.2) is 4.98 Å². The third kappa shape index (κ3) is 1.72. The second-order valence-corrected chi connectivity index (χ2v) is 3.15. The van der Waals surface area contributed by atoms with E-state index in [1.165, 1.54) is 0 Å². The van der Waals surface area contributed by atoms with Gasteiger partial charge in [0.1, 0.15) is 4.83 Å². The van der Waals surface area contributed by atoms with Gasteiger partial charge in [0.25, 0.3) is 5.56 Å². The molecule has 0 spiro atoms. The quantitative estimate of drug-likeness (QED) is 0.670. The van der Waals surface area contributed by atoms with Crippen molar-refractivity contribution in [2.24, 2.45) is 0 Å². The van der Waals surface area contributed by atoms with Crippen molar-refractivity contribution in [2.45, 2.75) is 13.8 Å². The van der Waals surface area contributed by atoms with E-state index in [-0.39, 0.29) is 5.56 Å². The highest BCUT2D eigenvalue weighted by atomic mass is 32.1. The van der Waals surface area contributed by atoms with Crippen molar-refractivity contribution >= 4 is 28.2 Å². The third-order valence-corrected chi connectivity index (χ3v) is 2.43. The fourth-order valence-electron chi connectivity index (χ4n) is 0.949. The van der Waals surface area contributed by atoms with Gasteiger partial charge in [0.2, 0.25) is 6.41 Å². The highest BCUT2D eigenvalue weighted by molar-refractivity contribution is 7.14. The standard InChI is InChI=1S/C7H4N2O2S.C2H6/c10-4-9-7(11)5-2-1-3-8-6(5)12-9;1-2/h1-4H;1-2H3. The highest BCUT2D eigenvalue weighted by Crippen LogP contribution is 2.10. The Kier molecular flexibility index (Phi) is 3.53. The Morgan fingerprint density at radius 3 is 2.79 bits per heavy atom. The van der Waals surface area contributed by atoms with E-state index in [0.29, 0.717) is 16.6 Å². The van der Waals surface area contributed by atoms with Gasteiger partial charge in [0, 0.05) is 6.20 Å². The average molecular weight is 210 g/mol. The first-order chi connectivity index (χ1) is 6.83. The summed E-state index contributed by atoms with van der Waals surface area (Å²) < 4.78 is 1.03. The van der Waals surface area contributed by atoms with Crippen molar-refractivity contribution in [1.29, 1.82) is 0 Å². The molecule has 0 atom stereocenters. The van der Waals surface area contributed by atoms with E-state index in [4.69, 9.17) is 0 Å². The van der Waals surface area contributed by atoms with Crippen LogP contribution in [-0.2, 0) is 4.79 Å². The Hall–Kier alpha value is -1.49. The summed E-state index contributed by atoms with van der Waals surface area (Å²) in [6.07, 6.45) is 2.09. The molecule has 0 aliphatic carbocycles. The maximum Gasteiger partial charge on any atom is 0.277 e. The minimum Gasteiger partial charge on any atom is -0.277 e. The lowest BCUT2D eigenvalue weighted by Gasteiger charge is -1.79. The SMILES string of the molecule is CC.O=Cn1sc2ncccc2c1=O. The molecule has 0 amide bonds. The van der Waals surface area contributed by atoms with E-state index in [0.717, 1.165) is 15.5 Å². The summed E-state index contributed by atoms with van der Waals surface area (Å²) in [5.74, 6) is 0. The second-order valence-electron chi connectivity index (χ2n) is 2.18. The zero-order valence-electron chi connectivity index (χ0n) is 7.93. The first-order valence-electron chi connectivity index (χ1n) is 4.25. The zero-order chi connectivity index (χ0) is 10.6. The highest BCUT2D eigenvalue weighted by Gasteiger charge is 2.05. The molecule has 0 saturated heterocycles. The molecule has 0 aliphatic heterocycles. The monoisotopic (exact) mass is 210 g/mol. The molecule has 2 heterocycles. The number of nitrogens with zero attached hydrogens (tertiary/aromatic N) is 2. The molecule has 0 aromatic carbocycles. The van der Waals surface area contributed by atoms with Crippen LogP contribution >= 0.6 is 11.5 Å². The predicted molar refractivity (Wildman–Crippen MR) is 57.4 cm³/mol. The van der Waals surface area contributed by atoms with Crippen molar-refractivity contribution < 1.29 is 4.79 Å². The Labute approximate surface area is 85.0 Å². The Balaban J connectivity index is 0.000000461. The van der Waals surface area contributed by atoms with Gasteiger partial charge >= 0.3 is 0 Å². The Morgan fingerprint density at radius 1 is 1.50 bits per heavy atom. The van der Waals surface area contributed by atoms with Crippen molar-refractivity contribution in [3.63, 3.8) is 0 Å². The van der Waals surface area contributed by atoms with Crippen LogP contribution in [0.5, 0.6) is 0 Å². The van der Waals surface area contributed by atoms with Crippen molar-refractivity contribution in [3.8, 4) is 0 Å². The van der Waals surface area contributed by atoms with Crippen molar-refractivity contribution in [2.75, 3.05) is 0 Å². The van der Waals surface area contributed by atoms with Crippen LogP contribution in [0.4, 0.5) is 0 Å². The summed E-state index contributed by atoms with van der Waals surface area (Å²) in [6.45, 7) is 4.00. The number of pyridine rings is 1. The van der Waals surface area contributed by atoms with Crippen LogP contribution in [0, 0.1) is 0 Å². The van der Waals surface area contributed by atoms with Crippen LogP contribution in [0.3, 0.4) is 0 Å². The molecule has 2 aromatic heterocycles. The first kappa shape index (κ1) is 10.6. The zero-order valence-corrected chi connectivity index (χ0v) is 8.75. The lowest BCUT2D eigenvalue weighted by molar-refractivity contribution is 0.550. The topological polar surface area (TPSA) is 52.0 Å². The number of hydrogen-bond donors (Lipinski definition) is 0. The molecule has 74 valence electrons. The van der Waals surface area contributed by atoms with Gasteiger partial charge < -0.3 is 0 Å². The third-order valence-electron chi connectivity index (χ3n) is 1.48. The molecule has 2 aromatic rings. The van der Waals surface area contributed by atoms with Gasteiger partial charge in [-0.05, 0) is 23.7 Å². The lowest BCUT2D eigenvalue weighted by Crippen LogP contribution is -2.11. The molecule has 0 fully saturated rings. The van der Waals surface area contributed by atoms with Crippen molar-refractivity contribution in [1.82, 2.24) is 8.94 Å². The largest absolute Gasteiger partial charge is 0.277 e. The molecule has 0 radical (unpaired) electrons. The van der Waals surface area contributed by atoms with E-state index >= 15 is 0 Å². The van der Waals surface area contributed by atoms with Gasteiger partial charge in [-0.3, -0.25) is 9.59 Å². The second kappa shape index (κ2) is 4.66. The summed E-state index contributed by atoms with van der Waals surface area (Å²) in [4.78, 5) is 26.1. The minimum absolute atomic E-state index is 0.293. The van der Waals surface area contributed by atoms with Crippen LogP contribution in [0.1, 0.15) is 13.8 Å². The fourth-order valence-corrected chi connectivity index (χ4v) is 1.72. The predicted octanol–water partition coefficient (Wildman–Crippen LogP) is 1.52. The lowest BCUT2D eigenvalue weighted by atomic mass is 10.4. The normalized spacial score (nSPS) is 9.29. The Bertz CT molecular complexity index is 487. The van der Waals surface area contributed by atoms with E-state index in [1.807, 2.05) is 13.8 Å². The molecular weight excluding hydrogens is 200 g/mol. The number of hydrogen-bond acceptors (Lipinski definition) is 4. The van der Waals surface area contributed by atoms with Gasteiger partial charge in [0.15, 0.2) is 0 Å².